The van der Waals surface area contributed by atoms with Crippen LogP contribution >= 0.6 is 0 Å². The predicted molar refractivity (Wildman–Crippen MR) is 73.3 cm³/mol. The van der Waals surface area contributed by atoms with E-state index in [4.69, 9.17) is 5.73 Å². The number of aromatic nitrogens is 1. The van der Waals surface area contributed by atoms with Crippen LogP contribution in [0.2, 0.25) is 0 Å². The van der Waals surface area contributed by atoms with Gasteiger partial charge in [0.05, 0.1) is 5.56 Å². The van der Waals surface area contributed by atoms with Gasteiger partial charge in [0.25, 0.3) is 5.91 Å². The number of pyridine rings is 1. The van der Waals surface area contributed by atoms with Gasteiger partial charge in [-0.3, -0.25) is 4.79 Å². The van der Waals surface area contributed by atoms with Crippen molar-refractivity contribution in [2.24, 2.45) is 5.92 Å². The van der Waals surface area contributed by atoms with Gasteiger partial charge >= 0.3 is 0 Å². The molecule has 0 fully saturated rings. The Bertz CT molecular complexity index is 404. The second-order valence-corrected chi connectivity index (χ2v) is 5.02. The zero-order chi connectivity index (χ0) is 13.7. The van der Waals surface area contributed by atoms with Gasteiger partial charge in [-0.2, -0.15) is 0 Å². The predicted octanol–water partition coefficient (Wildman–Crippen LogP) is 0.980. The molecule has 0 saturated heterocycles. The molecule has 0 bridgehead atoms. The highest BCUT2D eigenvalue weighted by atomic mass is 16.1. The monoisotopic (exact) mass is 250 g/mol. The van der Waals surface area contributed by atoms with Crippen molar-refractivity contribution >= 4 is 11.7 Å². The molecule has 1 aromatic heterocycles. The van der Waals surface area contributed by atoms with Crippen molar-refractivity contribution in [3.8, 4) is 0 Å². The number of nitrogen functional groups attached to an aromatic ring is 1. The smallest absolute Gasteiger partial charge is 0.255 e. The Morgan fingerprint density at radius 2 is 2.17 bits per heavy atom. The number of nitrogens with two attached hydrogens (primary N) is 1. The van der Waals surface area contributed by atoms with Gasteiger partial charge < -0.3 is 16.0 Å². The zero-order valence-corrected chi connectivity index (χ0v) is 11.5. The van der Waals surface area contributed by atoms with Crippen LogP contribution in [0.3, 0.4) is 0 Å². The third-order valence-corrected chi connectivity index (χ3v) is 2.77. The molecule has 1 unspecified atom stereocenters. The van der Waals surface area contributed by atoms with Crippen LogP contribution in [0.1, 0.15) is 24.2 Å². The van der Waals surface area contributed by atoms with Crippen LogP contribution in [-0.2, 0) is 0 Å². The first-order valence-corrected chi connectivity index (χ1v) is 6.08. The number of anilines is 1. The van der Waals surface area contributed by atoms with Crippen LogP contribution in [0.4, 0.5) is 5.82 Å². The van der Waals surface area contributed by atoms with Crippen molar-refractivity contribution in [2.45, 2.75) is 19.9 Å². The molecular formula is C13H22N4O. The highest BCUT2D eigenvalue weighted by molar-refractivity contribution is 5.98. The SMILES string of the molecule is CC(C)C(CN(C)C)NC(=O)c1cccnc1N. The van der Waals surface area contributed by atoms with Gasteiger partial charge in [-0.15, -0.1) is 0 Å². The third kappa shape index (κ3) is 4.00. The van der Waals surface area contributed by atoms with E-state index in [-0.39, 0.29) is 17.8 Å². The Labute approximate surface area is 108 Å². The van der Waals surface area contributed by atoms with Crippen molar-refractivity contribution in [1.29, 1.82) is 0 Å². The van der Waals surface area contributed by atoms with Crippen LogP contribution in [0.15, 0.2) is 18.3 Å². The van der Waals surface area contributed by atoms with E-state index in [0.29, 0.717) is 11.5 Å². The maximum atomic E-state index is 12.1. The highest BCUT2D eigenvalue weighted by Gasteiger charge is 2.19. The minimum Gasteiger partial charge on any atom is -0.383 e. The minimum absolute atomic E-state index is 0.0899. The molecule has 1 atom stereocenters. The number of hydrogen-bond donors (Lipinski definition) is 2. The third-order valence-electron chi connectivity index (χ3n) is 2.77. The molecule has 0 radical (unpaired) electrons. The van der Waals surface area contributed by atoms with Crippen molar-refractivity contribution in [1.82, 2.24) is 15.2 Å². The summed E-state index contributed by atoms with van der Waals surface area (Å²) in [6.07, 6.45) is 1.58. The Hall–Kier alpha value is -1.62. The van der Waals surface area contributed by atoms with Crippen molar-refractivity contribution in [3.05, 3.63) is 23.9 Å². The topological polar surface area (TPSA) is 71.2 Å². The van der Waals surface area contributed by atoms with Gasteiger partial charge in [-0.1, -0.05) is 13.8 Å². The van der Waals surface area contributed by atoms with Crippen molar-refractivity contribution in [2.75, 3.05) is 26.4 Å². The Morgan fingerprint density at radius 3 is 2.67 bits per heavy atom. The number of hydrogen-bond acceptors (Lipinski definition) is 4. The van der Waals surface area contributed by atoms with E-state index in [9.17, 15) is 4.79 Å². The Morgan fingerprint density at radius 1 is 1.50 bits per heavy atom. The van der Waals surface area contributed by atoms with Gasteiger partial charge in [-0.25, -0.2) is 4.98 Å². The molecule has 0 saturated carbocycles. The normalized spacial score (nSPS) is 12.8. The fourth-order valence-corrected chi connectivity index (χ4v) is 1.67. The molecule has 0 aliphatic rings. The van der Waals surface area contributed by atoms with Crippen LogP contribution in [-0.4, -0.2) is 42.5 Å². The first-order valence-electron chi connectivity index (χ1n) is 6.08. The zero-order valence-electron chi connectivity index (χ0n) is 11.5. The van der Waals surface area contributed by atoms with Gasteiger partial charge in [0.15, 0.2) is 0 Å². The van der Waals surface area contributed by atoms with Crippen molar-refractivity contribution in [3.63, 3.8) is 0 Å². The van der Waals surface area contributed by atoms with E-state index < -0.39 is 0 Å². The summed E-state index contributed by atoms with van der Waals surface area (Å²) in [7, 11) is 3.97. The second kappa shape index (κ2) is 6.35. The molecule has 5 heteroatoms. The number of likely N-dealkylation sites (N-methyl/N-ethyl adjacent to an activating group) is 1. The summed E-state index contributed by atoms with van der Waals surface area (Å²) in [5, 5.41) is 3.00. The lowest BCUT2D eigenvalue weighted by molar-refractivity contribution is 0.0917. The largest absolute Gasteiger partial charge is 0.383 e. The standard InChI is InChI=1S/C13H22N4O/c1-9(2)11(8-17(3)4)16-13(18)10-6-5-7-15-12(10)14/h5-7,9,11H,8H2,1-4H3,(H2,14,15)(H,16,18). The van der Waals surface area contributed by atoms with E-state index in [2.05, 4.69) is 29.0 Å². The maximum Gasteiger partial charge on any atom is 0.255 e. The fourth-order valence-electron chi connectivity index (χ4n) is 1.67. The van der Waals surface area contributed by atoms with Gasteiger partial charge in [0.2, 0.25) is 0 Å². The molecule has 3 N–H and O–H groups in total. The fraction of sp³-hybridized carbons (Fsp3) is 0.538. The number of nitrogens with zero attached hydrogens (tertiary/aromatic N) is 2. The van der Waals surface area contributed by atoms with Crippen LogP contribution in [0.25, 0.3) is 0 Å². The van der Waals surface area contributed by atoms with Crippen LogP contribution in [0, 0.1) is 5.92 Å². The highest BCUT2D eigenvalue weighted by Crippen LogP contribution is 2.09. The summed E-state index contributed by atoms with van der Waals surface area (Å²) in [5.41, 5.74) is 6.12. The number of nitrogens with one attached hydrogen (secondary N) is 1. The molecule has 100 valence electrons. The molecule has 1 amide bonds. The number of amides is 1. The lowest BCUT2D eigenvalue weighted by atomic mass is 10.0. The van der Waals surface area contributed by atoms with Gasteiger partial charge in [0, 0.05) is 18.8 Å². The summed E-state index contributed by atoms with van der Waals surface area (Å²) in [5.74, 6) is 0.456. The minimum atomic E-state index is -0.166. The molecule has 0 aliphatic heterocycles. The number of carbonyl (C=O) groups is 1. The van der Waals surface area contributed by atoms with E-state index in [1.54, 1.807) is 18.3 Å². The first kappa shape index (κ1) is 14.4. The van der Waals surface area contributed by atoms with E-state index in [0.717, 1.165) is 6.54 Å². The molecule has 1 rings (SSSR count). The van der Waals surface area contributed by atoms with Gasteiger partial charge in [-0.05, 0) is 32.1 Å². The Balaban J connectivity index is 2.76. The van der Waals surface area contributed by atoms with E-state index >= 15 is 0 Å². The quantitative estimate of drug-likeness (QED) is 0.817. The number of carbonyl (C=O) groups excluding carboxylic acids is 1. The lowest BCUT2D eigenvalue weighted by Gasteiger charge is -2.25. The molecule has 1 heterocycles. The summed E-state index contributed by atoms with van der Waals surface area (Å²) in [4.78, 5) is 18.1. The molecule has 0 spiro atoms. The van der Waals surface area contributed by atoms with Crippen LogP contribution < -0.4 is 11.1 Å². The first-order chi connectivity index (χ1) is 8.41. The van der Waals surface area contributed by atoms with Gasteiger partial charge in [0.1, 0.15) is 5.82 Å². The average molecular weight is 250 g/mol. The maximum absolute atomic E-state index is 12.1. The molecule has 0 aromatic carbocycles. The summed E-state index contributed by atoms with van der Waals surface area (Å²) < 4.78 is 0. The van der Waals surface area contributed by atoms with Crippen LogP contribution in [0.5, 0.6) is 0 Å². The summed E-state index contributed by atoms with van der Waals surface area (Å²) in [6, 6.07) is 3.49. The summed E-state index contributed by atoms with van der Waals surface area (Å²) in [6.45, 7) is 4.96. The summed E-state index contributed by atoms with van der Waals surface area (Å²) >= 11 is 0. The van der Waals surface area contributed by atoms with E-state index in [1.807, 2.05) is 14.1 Å². The second-order valence-electron chi connectivity index (χ2n) is 5.02. The Kier molecular flexibility index (Phi) is 5.09. The van der Waals surface area contributed by atoms with Crippen molar-refractivity contribution < 1.29 is 4.79 Å². The molecule has 18 heavy (non-hydrogen) atoms. The molecular weight excluding hydrogens is 228 g/mol. The molecule has 0 aliphatic carbocycles. The number of rotatable bonds is 5. The average Bonchev–Trinajstić information content (AvgIpc) is 2.27. The van der Waals surface area contributed by atoms with E-state index in [1.165, 1.54) is 0 Å². The lowest BCUT2D eigenvalue weighted by Crippen LogP contribution is -2.45. The molecule has 1 aromatic rings. The molecule has 5 nitrogen and oxygen atoms in total.